The van der Waals surface area contributed by atoms with Crippen LogP contribution in [0, 0.1) is 0 Å². The molecule has 0 bridgehead atoms. The second-order valence-electron chi connectivity index (χ2n) is 4.40. The molecule has 6 nitrogen and oxygen atoms in total. The van der Waals surface area contributed by atoms with E-state index in [2.05, 4.69) is 0 Å². The lowest BCUT2D eigenvalue weighted by molar-refractivity contribution is -0.147. The number of hydrogen-bond acceptors (Lipinski definition) is 4. The molecular weight excluding hydrogens is 321 g/mol. The highest BCUT2D eigenvalue weighted by Crippen LogP contribution is 2.34. The van der Waals surface area contributed by atoms with E-state index in [9.17, 15) is 9.59 Å². The second-order valence-corrected chi connectivity index (χ2v) is 5.22. The van der Waals surface area contributed by atoms with Crippen LogP contribution in [0.4, 0.5) is 0 Å². The molecule has 21 heavy (non-hydrogen) atoms. The molecule has 1 saturated heterocycles. The van der Waals surface area contributed by atoms with E-state index in [1.165, 1.54) is 24.1 Å². The number of halogens is 2. The number of ether oxygens (including phenoxy) is 2. The number of morpholine rings is 1. The van der Waals surface area contributed by atoms with Gasteiger partial charge in [0.25, 0.3) is 5.91 Å². The SMILES string of the molecule is COc1c(Cl)cc(C(=O)N2CCOC[C@@H]2C(=O)O)cc1Cl. The van der Waals surface area contributed by atoms with Gasteiger partial charge in [0.2, 0.25) is 0 Å². The lowest BCUT2D eigenvalue weighted by Gasteiger charge is -2.33. The van der Waals surface area contributed by atoms with Gasteiger partial charge in [-0.3, -0.25) is 4.79 Å². The van der Waals surface area contributed by atoms with Gasteiger partial charge in [0.1, 0.15) is 0 Å². The molecule has 1 fully saturated rings. The Balaban J connectivity index is 2.32. The maximum atomic E-state index is 12.5. The van der Waals surface area contributed by atoms with Crippen molar-refractivity contribution in [2.75, 3.05) is 26.9 Å². The summed E-state index contributed by atoms with van der Waals surface area (Å²) >= 11 is 12.0. The highest BCUT2D eigenvalue weighted by atomic mass is 35.5. The van der Waals surface area contributed by atoms with E-state index in [4.69, 9.17) is 37.8 Å². The highest BCUT2D eigenvalue weighted by Gasteiger charge is 2.33. The van der Waals surface area contributed by atoms with Crippen molar-refractivity contribution in [2.24, 2.45) is 0 Å². The third-order valence-electron chi connectivity index (χ3n) is 3.12. The molecule has 8 heteroatoms. The van der Waals surface area contributed by atoms with Gasteiger partial charge in [-0.1, -0.05) is 23.2 Å². The fourth-order valence-corrected chi connectivity index (χ4v) is 2.74. The summed E-state index contributed by atoms with van der Waals surface area (Å²) in [4.78, 5) is 24.9. The van der Waals surface area contributed by atoms with Crippen LogP contribution in [0.5, 0.6) is 5.75 Å². The molecule has 1 aromatic rings. The first-order valence-corrected chi connectivity index (χ1v) is 6.86. The molecule has 0 spiro atoms. The number of rotatable bonds is 3. The number of methoxy groups -OCH3 is 1. The van der Waals surface area contributed by atoms with Gasteiger partial charge in [0, 0.05) is 12.1 Å². The van der Waals surface area contributed by atoms with Crippen LogP contribution in [-0.2, 0) is 9.53 Å². The first-order chi connectivity index (χ1) is 9.95. The Morgan fingerprint density at radius 3 is 2.52 bits per heavy atom. The molecule has 1 aliphatic heterocycles. The van der Waals surface area contributed by atoms with Gasteiger partial charge in [-0.15, -0.1) is 0 Å². The number of carboxylic acid groups (broad SMARTS) is 1. The molecule has 1 aliphatic rings. The van der Waals surface area contributed by atoms with Crippen LogP contribution in [0.15, 0.2) is 12.1 Å². The smallest absolute Gasteiger partial charge is 0.328 e. The maximum absolute atomic E-state index is 12.5. The molecule has 1 aromatic carbocycles. The van der Waals surface area contributed by atoms with E-state index >= 15 is 0 Å². The van der Waals surface area contributed by atoms with Crippen molar-refractivity contribution >= 4 is 35.1 Å². The summed E-state index contributed by atoms with van der Waals surface area (Å²) in [5, 5.41) is 9.53. The van der Waals surface area contributed by atoms with Crippen molar-refractivity contribution in [1.82, 2.24) is 4.90 Å². The molecule has 0 saturated carbocycles. The molecule has 0 aromatic heterocycles. The molecule has 2 rings (SSSR count). The minimum absolute atomic E-state index is 0.0430. The first-order valence-electron chi connectivity index (χ1n) is 6.10. The Hall–Kier alpha value is -1.50. The van der Waals surface area contributed by atoms with Crippen molar-refractivity contribution in [3.8, 4) is 5.75 Å². The highest BCUT2D eigenvalue weighted by molar-refractivity contribution is 6.37. The summed E-state index contributed by atoms with van der Waals surface area (Å²) in [6.07, 6.45) is 0. The van der Waals surface area contributed by atoms with Crippen LogP contribution in [0.2, 0.25) is 10.0 Å². The summed E-state index contributed by atoms with van der Waals surface area (Å²) in [6, 6.07) is 1.79. The Kier molecular flexibility index (Phi) is 4.92. The number of nitrogens with zero attached hydrogens (tertiary/aromatic N) is 1. The third kappa shape index (κ3) is 3.23. The minimum Gasteiger partial charge on any atom is -0.494 e. The van der Waals surface area contributed by atoms with E-state index in [1.807, 2.05) is 0 Å². The van der Waals surface area contributed by atoms with Crippen molar-refractivity contribution in [2.45, 2.75) is 6.04 Å². The topological polar surface area (TPSA) is 76.1 Å². The lowest BCUT2D eigenvalue weighted by Crippen LogP contribution is -2.52. The Morgan fingerprint density at radius 1 is 1.38 bits per heavy atom. The van der Waals surface area contributed by atoms with E-state index in [0.717, 1.165) is 0 Å². The van der Waals surface area contributed by atoms with Gasteiger partial charge in [-0.25, -0.2) is 4.79 Å². The fraction of sp³-hybridized carbons (Fsp3) is 0.385. The number of hydrogen-bond donors (Lipinski definition) is 1. The quantitative estimate of drug-likeness (QED) is 0.914. The number of carbonyl (C=O) groups excluding carboxylic acids is 1. The van der Waals surface area contributed by atoms with E-state index in [0.29, 0.717) is 0 Å². The zero-order valence-corrected chi connectivity index (χ0v) is 12.6. The van der Waals surface area contributed by atoms with Crippen molar-refractivity contribution < 1.29 is 24.2 Å². The van der Waals surface area contributed by atoms with Gasteiger partial charge >= 0.3 is 5.97 Å². The zero-order chi connectivity index (χ0) is 15.6. The van der Waals surface area contributed by atoms with Crippen molar-refractivity contribution in [3.63, 3.8) is 0 Å². The molecule has 1 N–H and O–H groups in total. The second kappa shape index (κ2) is 6.51. The van der Waals surface area contributed by atoms with Crippen LogP contribution in [0.25, 0.3) is 0 Å². The van der Waals surface area contributed by atoms with Crippen LogP contribution in [-0.4, -0.2) is 54.8 Å². The van der Waals surface area contributed by atoms with Gasteiger partial charge in [-0.05, 0) is 12.1 Å². The van der Waals surface area contributed by atoms with Gasteiger partial charge in [-0.2, -0.15) is 0 Å². The largest absolute Gasteiger partial charge is 0.494 e. The van der Waals surface area contributed by atoms with Gasteiger partial charge < -0.3 is 19.5 Å². The number of aliphatic carboxylic acids is 1. The minimum atomic E-state index is -1.12. The molecule has 0 unspecified atom stereocenters. The Morgan fingerprint density at radius 2 is 2.00 bits per heavy atom. The molecular formula is C13H13Cl2NO5. The molecule has 0 radical (unpaired) electrons. The predicted molar refractivity (Wildman–Crippen MR) is 76.3 cm³/mol. The monoisotopic (exact) mass is 333 g/mol. The molecule has 1 atom stereocenters. The first kappa shape index (κ1) is 15.9. The van der Waals surface area contributed by atoms with E-state index < -0.39 is 17.9 Å². The summed E-state index contributed by atoms with van der Waals surface area (Å²) in [5.74, 6) is -1.31. The normalized spacial score (nSPS) is 18.4. The Labute approximate surface area is 131 Å². The average Bonchev–Trinajstić information content (AvgIpc) is 2.46. The number of carbonyl (C=O) groups is 2. The molecule has 114 valence electrons. The summed E-state index contributed by atoms with van der Waals surface area (Å²) in [7, 11) is 1.41. The zero-order valence-electron chi connectivity index (χ0n) is 11.1. The van der Waals surface area contributed by atoms with Crippen LogP contribution >= 0.6 is 23.2 Å². The molecule has 0 aliphatic carbocycles. The molecule has 1 amide bonds. The van der Waals surface area contributed by atoms with Crippen LogP contribution in [0.3, 0.4) is 0 Å². The summed E-state index contributed by atoms with van der Waals surface area (Å²) in [5.41, 5.74) is 0.207. The van der Waals surface area contributed by atoms with E-state index in [-0.39, 0.29) is 41.1 Å². The number of amides is 1. The maximum Gasteiger partial charge on any atom is 0.328 e. The van der Waals surface area contributed by atoms with Gasteiger partial charge in [0.15, 0.2) is 11.8 Å². The van der Waals surface area contributed by atoms with Crippen LogP contribution in [0.1, 0.15) is 10.4 Å². The Bertz CT molecular complexity index is 555. The predicted octanol–water partition coefficient (Wildman–Crippen LogP) is 1.93. The fourth-order valence-electron chi connectivity index (χ4n) is 2.10. The summed E-state index contributed by atoms with van der Waals surface area (Å²) in [6.45, 7) is 0.433. The van der Waals surface area contributed by atoms with Crippen molar-refractivity contribution in [1.29, 1.82) is 0 Å². The number of carboxylic acids is 1. The van der Waals surface area contributed by atoms with Crippen molar-refractivity contribution in [3.05, 3.63) is 27.7 Å². The van der Waals surface area contributed by atoms with Gasteiger partial charge in [0.05, 0.1) is 30.4 Å². The molecule has 1 heterocycles. The summed E-state index contributed by atoms with van der Waals surface area (Å²) < 4.78 is 10.1. The van der Waals surface area contributed by atoms with Crippen LogP contribution < -0.4 is 4.74 Å². The average molecular weight is 334 g/mol. The standard InChI is InChI=1S/C13H13Cl2NO5/c1-20-11-8(14)4-7(5-9(11)15)12(17)16-2-3-21-6-10(16)13(18)19/h4-5,10H,2-3,6H2,1H3,(H,18,19)/t10-/m1/s1. The third-order valence-corrected chi connectivity index (χ3v) is 3.69. The number of benzene rings is 1. The lowest BCUT2D eigenvalue weighted by atomic mass is 10.1. The van der Waals surface area contributed by atoms with E-state index in [1.54, 1.807) is 0 Å².